The first kappa shape index (κ1) is 16.1. The molecule has 1 atom stereocenters. The SMILES string of the molecule is CCNC(CN(CC)Cc1cccc(C)n1)C(C)C. The summed E-state index contributed by atoms with van der Waals surface area (Å²) in [5, 5.41) is 3.58. The second-order valence-electron chi connectivity index (χ2n) is 5.51. The van der Waals surface area contributed by atoms with E-state index in [1.807, 2.05) is 0 Å². The number of hydrogen-bond acceptors (Lipinski definition) is 3. The molecule has 0 bridgehead atoms. The molecule has 108 valence electrons. The van der Waals surface area contributed by atoms with Crippen LogP contribution in [0.25, 0.3) is 0 Å². The van der Waals surface area contributed by atoms with Crippen LogP contribution in [0.15, 0.2) is 18.2 Å². The standard InChI is InChI=1S/C16H29N3/c1-6-17-16(13(3)4)12-19(7-2)11-15-10-8-9-14(5)18-15/h8-10,13,16-17H,6-7,11-12H2,1-5H3. The first-order valence-corrected chi connectivity index (χ1v) is 7.45. The molecule has 0 spiro atoms. The van der Waals surface area contributed by atoms with Crippen molar-refractivity contribution in [3.05, 3.63) is 29.6 Å². The van der Waals surface area contributed by atoms with Gasteiger partial charge in [0.05, 0.1) is 5.69 Å². The molecule has 3 heteroatoms. The van der Waals surface area contributed by atoms with Gasteiger partial charge in [-0.05, 0) is 38.1 Å². The summed E-state index contributed by atoms with van der Waals surface area (Å²) >= 11 is 0. The Morgan fingerprint density at radius 1 is 1.26 bits per heavy atom. The molecule has 0 aliphatic rings. The first-order valence-electron chi connectivity index (χ1n) is 7.45. The Balaban J connectivity index is 2.62. The fourth-order valence-electron chi connectivity index (χ4n) is 2.27. The van der Waals surface area contributed by atoms with Crippen molar-refractivity contribution in [1.82, 2.24) is 15.2 Å². The molecule has 1 N–H and O–H groups in total. The van der Waals surface area contributed by atoms with Crippen molar-refractivity contribution in [1.29, 1.82) is 0 Å². The third kappa shape index (κ3) is 5.70. The molecule has 19 heavy (non-hydrogen) atoms. The lowest BCUT2D eigenvalue weighted by Gasteiger charge is -2.29. The summed E-state index contributed by atoms with van der Waals surface area (Å²) in [5.41, 5.74) is 2.27. The Labute approximate surface area is 118 Å². The van der Waals surface area contributed by atoms with E-state index in [-0.39, 0.29) is 0 Å². The van der Waals surface area contributed by atoms with Gasteiger partial charge in [0.1, 0.15) is 0 Å². The van der Waals surface area contributed by atoms with Crippen LogP contribution in [0.4, 0.5) is 0 Å². The van der Waals surface area contributed by atoms with Crippen LogP contribution in [-0.4, -0.2) is 35.6 Å². The normalized spacial score (nSPS) is 13.2. The molecule has 3 nitrogen and oxygen atoms in total. The van der Waals surface area contributed by atoms with Crippen LogP contribution in [0.3, 0.4) is 0 Å². The number of rotatable bonds is 8. The minimum atomic E-state index is 0.551. The molecular formula is C16H29N3. The Bertz CT molecular complexity index is 363. The maximum Gasteiger partial charge on any atom is 0.0547 e. The fraction of sp³-hybridized carbons (Fsp3) is 0.688. The van der Waals surface area contributed by atoms with E-state index in [1.54, 1.807) is 0 Å². The molecule has 1 aromatic heterocycles. The Morgan fingerprint density at radius 3 is 2.53 bits per heavy atom. The van der Waals surface area contributed by atoms with Gasteiger partial charge in [0.15, 0.2) is 0 Å². The number of nitrogens with zero attached hydrogens (tertiary/aromatic N) is 2. The van der Waals surface area contributed by atoms with Gasteiger partial charge in [-0.1, -0.05) is 33.8 Å². The van der Waals surface area contributed by atoms with Crippen LogP contribution < -0.4 is 5.32 Å². The van der Waals surface area contributed by atoms with Gasteiger partial charge in [0.25, 0.3) is 0 Å². The van der Waals surface area contributed by atoms with E-state index in [0.29, 0.717) is 12.0 Å². The maximum atomic E-state index is 4.60. The summed E-state index contributed by atoms with van der Waals surface area (Å²) in [6.45, 7) is 15.1. The van der Waals surface area contributed by atoms with Crippen molar-refractivity contribution < 1.29 is 0 Å². The molecule has 0 aromatic carbocycles. The zero-order chi connectivity index (χ0) is 14.3. The number of pyridine rings is 1. The average Bonchev–Trinajstić information content (AvgIpc) is 2.37. The third-order valence-corrected chi connectivity index (χ3v) is 3.50. The van der Waals surface area contributed by atoms with Crippen LogP contribution in [-0.2, 0) is 6.54 Å². The number of aromatic nitrogens is 1. The monoisotopic (exact) mass is 263 g/mol. The second-order valence-corrected chi connectivity index (χ2v) is 5.51. The van der Waals surface area contributed by atoms with Crippen molar-refractivity contribution in [2.24, 2.45) is 5.92 Å². The highest BCUT2D eigenvalue weighted by molar-refractivity contribution is 5.09. The molecule has 1 heterocycles. The van der Waals surface area contributed by atoms with Gasteiger partial charge in [-0.15, -0.1) is 0 Å². The van der Waals surface area contributed by atoms with Gasteiger partial charge >= 0.3 is 0 Å². The summed E-state index contributed by atoms with van der Waals surface area (Å²) in [5.74, 6) is 0.652. The molecule has 0 fully saturated rings. The zero-order valence-corrected chi connectivity index (χ0v) is 13.1. The molecule has 0 amide bonds. The van der Waals surface area contributed by atoms with Gasteiger partial charge in [-0.3, -0.25) is 9.88 Å². The molecule has 1 aromatic rings. The van der Waals surface area contributed by atoms with Gasteiger partial charge in [-0.25, -0.2) is 0 Å². The van der Waals surface area contributed by atoms with E-state index >= 15 is 0 Å². The molecule has 0 aliphatic carbocycles. The Kier molecular flexibility index (Phi) is 7.03. The number of nitrogens with one attached hydrogen (secondary N) is 1. The quantitative estimate of drug-likeness (QED) is 0.781. The predicted molar refractivity (Wildman–Crippen MR) is 82.2 cm³/mol. The highest BCUT2D eigenvalue weighted by Crippen LogP contribution is 2.08. The predicted octanol–water partition coefficient (Wildman–Crippen LogP) is 2.85. The second kappa shape index (κ2) is 8.28. The molecule has 0 aliphatic heterocycles. The van der Waals surface area contributed by atoms with Crippen molar-refractivity contribution in [3.8, 4) is 0 Å². The fourth-order valence-corrected chi connectivity index (χ4v) is 2.27. The highest BCUT2D eigenvalue weighted by atomic mass is 15.2. The van der Waals surface area contributed by atoms with E-state index in [4.69, 9.17) is 0 Å². The number of likely N-dealkylation sites (N-methyl/N-ethyl adjacent to an activating group) is 2. The van der Waals surface area contributed by atoms with Gasteiger partial charge in [-0.2, -0.15) is 0 Å². The van der Waals surface area contributed by atoms with Crippen LogP contribution >= 0.6 is 0 Å². The minimum Gasteiger partial charge on any atom is -0.313 e. The van der Waals surface area contributed by atoms with Crippen LogP contribution in [0, 0.1) is 12.8 Å². The van der Waals surface area contributed by atoms with E-state index in [2.05, 4.69) is 68.0 Å². The molecule has 0 saturated heterocycles. The zero-order valence-electron chi connectivity index (χ0n) is 13.1. The highest BCUT2D eigenvalue weighted by Gasteiger charge is 2.16. The van der Waals surface area contributed by atoms with Crippen LogP contribution in [0.2, 0.25) is 0 Å². The minimum absolute atomic E-state index is 0.551. The Hall–Kier alpha value is -0.930. The summed E-state index contributed by atoms with van der Waals surface area (Å²) in [6, 6.07) is 6.81. The van der Waals surface area contributed by atoms with E-state index in [9.17, 15) is 0 Å². The van der Waals surface area contributed by atoms with Gasteiger partial charge < -0.3 is 5.32 Å². The van der Waals surface area contributed by atoms with E-state index in [1.165, 1.54) is 5.69 Å². The van der Waals surface area contributed by atoms with Crippen LogP contribution in [0.1, 0.15) is 39.1 Å². The maximum absolute atomic E-state index is 4.60. The molecule has 0 radical (unpaired) electrons. The summed E-state index contributed by atoms with van der Waals surface area (Å²) in [7, 11) is 0. The topological polar surface area (TPSA) is 28.2 Å². The average molecular weight is 263 g/mol. The number of hydrogen-bond donors (Lipinski definition) is 1. The molecule has 0 saturated carbocycles. The third-order valence-electron chi connectivity index (χ3n) is 3.50. The lowest BCUT2D eigenvalue weighted by Crippen LogP contribution is -2.44. The van der Waals surface area contributed by atoms with Crippen LogP contribution in [0.5, 0.6) is 0 Å². The number of aryl methyl sites for hydroxylation is 1. The van der Waals surface area contributed by atoms with E-state index in [0.717, 1.165) is 31.9 Å². The summed E-state index contributed by atoms with van der Waals surface area (Å²) < 4.78 is 0. The first-order chi connectivity index (χ1) is 9.06. The summed E-state index contributed by atoms with van der Waals surface area (Å²) in [4.78, 5) is 7.06. The smallest absolute Gasteiger partial charge is 0.0547 e. The molecular weight excluding hydrogens is 234 g/mol. The lowest BCUT2D eigenvalue weighted by molar-refractivity contribution is 0.219. The Morgan fingerprint density at radius 2 is 2.00 bits per heavy atom. The van der Waals surface area contributed by atoms with Crippen molar-refractivity contribution >= 4 is 0 Å². The molecule has 1 unspecified atom stereocenters. The largest absolute Gasteiger partial charge is 0.313 e. The molecule has 1 rings (SSSR count). The lowest BCUT2D eigenvalue weighted by atomic mass is 10.0. The van der Waals surface area contributed by atoms with Gasteiger partial charge in [0, 0.05) is 24.8 Å². The van der Waals surface area contributed by atoms with Crippen molar-refractivity contribution in [2.75, 3.05) is 19.6 Å². The van der Waals surface area contributed by atoms with Crippen molar-refractivity contribution in [2.45, 2.75) is 47.2 Å². The summed E-state index contributed by atoms with van der Waals surface area (Å²) in [6.07, 6.45) is 0. The van der Waals surface area contributed by atoms with Crippen molar-refractivity contribution in [3.63, 3.8) is 0 Å². The van der Waals surface area contributed by atoms with E-state index < -0.39 is 0 Å². The van der Waals surface area contributed by atoms with Gasteiger partial charge in [0.2, 0.25) is 0 Å².